The summed E-state index contributed by atoms with van der Waals surface area (Å²) in [5.41, 5.74) is 1.30. The van der Waals surface area contributed by atoms with E-state index in [9.17, 15) is 13.2 Å². The van der Waals surface area contributed by atoms with Crippen molar-refractivity contribution in [2.75, 3.05) is 5.01 Å². The molecule has 0 bridgehead atoms. The normalized spacial score (nSPS) is 14.2. The predicted octanol–water partition coefficient (Wildman–Crippen LogP) is 4.06. The number of rotatable bonds is 1. The highest BCUT2D eigenvalue weighted by atomic mass is 19.4. The Labute approximate surface area is 114 Å². The third kappa shape index (κ3) is 2.27. The molecule has 102 valence electrons. The number of fused-ring (bicyclic) bond motifs is 1. The standard InChI is InChI=1S/C15H11F3N2/c16-15(17,18)13-7-3-4-8-14(13)20-10-12-6-2-1-5-11(12)9-19-20/h1-9H,10H2. The molecule has 5 heteroatoms. The van der Waals surface area contributed by atoms with Crippen LogP contribution in [0.25, 0.3) is 0 Å². The molecule has 0 spiro atoms. The molecule has 1 heterocycles. The van der Waals surface area contributed by atoms with Crippen molar-refractivity contribution >= 4 is 11.9 Å². The number of hydrogen-bond donors (Lipinski definition) is 0. The summed E-state index contributed by atoms with van der Waals surface area (Å²) >= 11 is 0. The molecule has 2 aromatic rings. The molecule has 2 nitrogen and oxygen atoms in total. The summed E-state index contributed by atoms with van der Waals surface area (Å²) in [5.74, 6) is 0. The van der Waals surface area contributed by atoms with Crippen LogP contribution in [0.2, 0.25) is 0 Å². The van der Waals surface area contributed by atoms with Gasteiger partial charge in [-0.1, -0.05) is 36.4 Å². The van der Waals surface area contributed by atoms with Crippen molar-refractivity contribution in [3.05, 3.63) is 65.2 Å². The minimum Gasteiger partial charge on any atom is -0.260 e. The molecule has 0 amide bonds. The average Bonchev–Trinajstić information content (AvgIpc) is 2.46. The Morgan fingerprint density at radius 3 is 2.45 bits per heavy atom. The first-order chi connectivity index (χ1) is 9.55. The summed E-state index contributed by atoms with van der Waals surface area (Å²) in [5, 5.41) is 5.50. The topological polar surface area (TPSA) is 15.6 Å². The number of halogens is 3. The van der Waals surface area contributed by atoms with Crippen LogP contribution in [0.5, 0.6) is 0 Å². The zero-order chi connectivity index (χ0) is 14.2. The third-order valence-electron chi connectivity index (χ3n) is 3.20. The van der Waals surface area contributed by atoms with Crippen LogP contribution in [-0.2, 0) is 12.7 Å². The van der Waals surface area contributed by atoms with Crippen LogP contribution in [0, 0.1) is 0 Å². The van der Waals surface area contributed by atoms with Crippen molar-refractivity contribution in [1.29, 1.82) is 0 Å². The number of anilines is 1. The predicted molar refractivity (Wildman–Crippen MR) is 71.7 cm³/mol. The molecule has 0 aliphatic carbocycles. The van der Waals surface area contributed by atoms with Crippen LogP contribution in [0.1, 0.15) is 16.7 Å². The number of para-hydroxylation sites is 1. The van der Waals surface area contributed by atoms with E-state index in [1.165, 1.54) is 17.1 Å². The van der Waals surface area contributed by atoms with Crippen molar-refractivity contribution in [2.24, 2.45) is 5.10 Å². The van der Waals surface area contributed by atoms with Gasteiger partial charge in [-0.2, -0.15) is 18.3 Å². The Kier molecular flexibility index (Phi) is 2.97. The van der Waals surface area contributed by atoms with Gasteiger partial charge in [0.05, 0.1) is 24.0 Å². The van der Waals surface area contributed by atoms with Crippen molar-refractivity contribution in [1.82, 2.24) is 0 Å². The molecule has 0 aromatic heterocycles. The summed E-state index contributed by atoms with van der Waals surface area (Å²) in [6.45, 7) is 0.333. The Hall–Kier alpha value is -2.30. The lowest BCUT2D eigenvalue weighted by molar-refractivity contribution is -0.137. The van der Waals surface area contributed by atoms with Crippen molar-refractivity contribution in [2.45, 2.75) is 12.7 Å². The van der Waals surface area contributed by atoms with E-state index in [-0.39, 0.29) is 5.69 Å². The SMILES string of the molecule is FC(F)(F)c1ccccc1N1Cc2ccccc2C=N1. The lowest BCUT2D eigenvalue weighted by Gasteiger charge is -2.26. The number of hydrogen-bond acceptors (Lipinski definition) is 2. The zero-order valence-electron chi connectivity index (χ0n) is 10.4. The molecule has 0 saturated heterocycles. The molecule has 0 atom stereocenters. The van der Waals surface area contributed by atoms with Gasteiger partial charge in [-0.3, -0.25) is 5.01 Å². The second kappa shape index (κ2) is 4.67. The van der Waals surface area contributed by atoms with E-state index in [2.05, 4.69) is 5.10 Å². The fourth-order valence-electron chi connectivity index (χ4n) is 2.22. The quantitative estimate of drug-likeness (QED) is 0.767. The van der Waals surface area contributed by atoms with Crippen LogP contribution >= 0.6 is 0 Å². The molecule has 2 aromatic carbocycles. The molecule has 0 radical (unpaired) electrons. The van der Waals surface area contributed by atoms with Gasteiger partial charge in [0, 0.05) is 0 Å². The Morgan fingerprint density at radius 2 is 1.65 bits per heavy atom. The first-order valence-corrected chi connectivity index (χ1v) is 6.11. The minimum atomic E-state index is -4.39. The Morgan fingerprint density at radius 1 is 0.950 bits per heavy atom. The summed E-state index contributed by atoms with van der Waals surface area (Å²) in [4.78, 5) is 0. The maximum absolute atomic E-state index is 13.0. The van der Waals surface area contributed by atoms with Gasteiger partial charge in [-0.25, -0.2) is 0 Å². The Balaban J connectivity index is 2.01. The zero-order valence-corrected chi connectivity index (χ0v) is 10.4. The summed E-state index contributed by atoms with van der Waals surface area (Å²) in [6.07, 6.45) is -2.80. The van der Waals surface area contributed by atoms with Gasteiger partial charge in [-0.05, 0) is 23.3 Å². The first kappa shape index (κ1) is 12.7. The number of alkyl halides is 3. The third-order valence-corrected chi connectivity index (χ3v) is 3.20. The lowest BCUT2D eigenvalue weighted by Crippen LogP contribution is -2.23. The van der Waals surface area contributed by atoms with E-state index in [0.29, 0.717) is 6.54 Å². The summed E-state index contributed by atoms with van der Waals surface area (Å²) < 4.78 is 39.1. The average molecular weight is 276 g/mol. The van der Waals surface area contributed by atoms with Crippen LogP contribution in [-0.4, -0.2) is 6.21 Å². The molecule has 1 aliphatic heterocycles. The van der Waals surface area contributed by atoms with E-state index in [1.54, 1.807) is 12.3 Å². The van der Waals surface area contributed by atoms with Gasteiger partial charge >= 0.3 is 6.18 Å². The van der Waals surface area contributed by atoms with Gasteiger partial charge in [0.15, 0.2) is 0 Å². The highest BCUT2D eigenvalue weighted by Gasteiger charge is 2.35. The van der Waals surface area contributed by atoms with Gasteiger partial charge < -0.3 is 0 Å². The van der Waals surface area contributed by atoms with Gasteiger partial charge in [0.1, 0.15) is 0 Å². The molecule has 0 unspecified atom stereocenters. The summed E-state index contributed by atoms with van der Waals surface area (Å²) in [6, 6.07) is 13.0. The van der Waals surface area contributed by atoms with Crippen molar-refractivity contribution in [3.8, 4) is 0 Å². The molecule has 0 N–H and O–H groups in total. The maximum atomic E-state index is 13.0. The van der Waals surface area contributed by atoms with Crippen LogP contribution in [0.3, 0.4) is 0 Å². The smallest absolute Gasteiger partial charge is 0.260 e. The number of benzene rings is 2. The van der Waals surface area contributed by atoms with E-state index in [1.807, 2.05) is 24.3 Å². The van der Waals surface area contributed by atoms with Crippen molar-refractivity contribution < 1.29 is 13.2 Å². The second-order valence-corrected chi connectivity index (χ2v) is 4.52. The highest BCUT2D eigenvalue weighted by molar-refractivity contribution is 5.84. The van der Waals surface area contributed by atoms with Gasteiger partial charge in [-0.15, -0.1) is 0 Å². The van der Waals surface area contributed by atoms with E-state index < -0.39 is 11.7 Å². The van der Waals surface area contributed by atoms with Crippen molar-refractivity contribution in [3.63, 3.8) is 0 Å². The highest BCUT2D eigenvalue weighted by Crippen LogP contribution is 2.37. The molecule has 1 aliphatic rings. The molecule has 0 saturated carbocycles. The fourth-order valence-corrected chi connectivity index (χ4v) is 2.22. The van der Waals surface area contributed by atoms with Crippen LogP contribution < -0.4 is 5.01 Å². The van der Waals surface area contributed by atoms with E-state index in [0.717, 1.165) is 17.2 Å². The molecular weight excluding hydrogens is 265 g/mol. The van der Waals surface area contributed by atoms with Gasteiger partial charge in [0.2, 0.25) is 0 Å². The number of hydrazone groups is 1. The number of nitrogens with zero attached hydrogens (tertiary/aromatic N) is 2. The summed E-state index contributed by atoms with van der Waals surface area (Å²) in [7, 11) is 0. The monoisotopic (exact) mass is 276 g/mol. The second-order valence-electron chi connectivity index (χ2n) is 4.52. The lowest BCUT2D eigenvalue weighted by atomic mass is 10.1. The van der Waals surface area contributed by atoms with E-state index in [4.69, 9.17) is 0 Å². The molecule has 3 rings (SSSR count). The maximum Gasteiger partial charge on any atom is 0.418 e. The Bertz CT molecular complexity index is 662. The van der Waals surface area contributed by atoms with E-state index >= 15 is 0 Å². The fraction of sp³-hybridized carbons (Fsp3) is 0.133. The minimum absolute atomic E-state index is 0.0748. The van der Waals surface area contributed by atoms with Crippen LogP contribution in [0.4, 0.5) is 18.9 Å². The van der Waals surface area contributed by atoms with Crippen LogP contribution in [0.15, 0.2) is 53.6 Å². The first-order valence-electron chi connectivity index (χ1n) is 6.11. The molecular formula is C15H11F3N2. The molecule has 20 heavy (non-hydrogen) atoms. The molecule has 0 fully saturated rings. The van der Waals surface area contributed by atoms with Gasteiger partial charge in [0.25, 0.3) is 0 Å². The largest absolute Gasteiger partial charge is 0.418 e.